The van der Waals surface area contributed by atoms with Crippen molar-refractivity contribution in [2.45, 2.75) is 83.5 Å². The van der Waals surface area contributed by atoms with Crippen LogP contribution in [0.2, 0.25) is 0 Å². The number of hydrogen-bond acceptors (Lipinski definition) is 4. The predicted octanol–water partition coefficient (Wildman–Crippen LogP) is 3.47. The van der Waals surface area contributed by atoms with Crippen molar-refractivity contribution in [1.29, 1.82) is 0 Å². The van der Waals surface area contributed by atoms with Gasteiger partial charge in [-0.3, -0.25) is 4.79 Å². The highest BCUT2D eigenvalue weighted by molar-refractivity contribution is 5.86. The summed E-state index contributed by atoms with van der Waals surface area (Å²) in [6.45, 7) is 9.11. The third kappa shape index (κ3) is 8.13. The summed E-state index contributed by atoms with van der Waals surface area (Å²) in [5.41, 5.74) is 0.404. The molecule has 0 amide bonds. The van der Waals surface area contributed by atoms with Gasteiger partial charge in [-0.2, -0.15) is 0 Å². The quantitative estimate of drug-likeness (QED) is 0.557. The molecule has 0 bridgehead atoms. The number of carbonyl (C=O) groups is 1. The Bertz CT molecular complexity index is 510. The van der Waals surface area contributed by atoms with E-state index in [4.69, 9.17) is 0 Å². The van der Waals surface area contributed by atoms with E-state index in [1.54, 1.807) is 0 Å². The van der Waals surface area contributed by atoms with Crippen molar-refractivity contribution in [2.75, 3.05) is 0 Å². The van der Waals surface area contributed by atoms with Gasteiger partial charge in [0.25, 0.3) is 0 Å². The first kappa shape index (κ1) is 21.8. The first-order valence-electron chi connectivity index (χ1n) is 9.28. The Morgan fingerprint density at radius 1 is 1.36 bits per heavy atom. The summed E-state index contributed by atoms with van der Waals surface area (Å²) in [5, 5.41) is 29.1. The molecule has 1 rings (SSSR count). The van der Waals surface area contributed by atoms with Gasteiger partial charge < -0.3 is 15.3 Å². The maximum absolute atomic E-state index is 11.7. The van der Waals surface area contributed by atoms with Crippen LogP contribution in [0.4, 0.5) is 0 Å². The van der Waals surface area contributed by atoms with Gasteiger partial charge in [0, 0.05) is 12.8 Å². The number of unbranched alkanes of at least 4 members (excludes halogenated alkanes) is 1. The summed E-state index contributed by atoms with van der Waals surface area (Å²) < 4.78 is 0. The van der Waals surface area contributed by atoms with Crippen molar-refractivity contribution in [1.82, 2.24) is 0 Å². The van der Waals surface area contributed by atoms with Crippen molar-refractivity contribution in [3.8, 4) is 0 Å². The molecular weight excluding hydrogens is 316 g/mol. The second-order valence-corrected chi connectivity index (χ2v) is 7.81. The Labute approximate surface area is 152 Å². The lowest BCUT2D eigenvalue weighted by atomic mass is 9.86. The van der Waals surface area contributed by atoms with E-state index in [0.717, 1.165) is 31.3 Å². The van der Waals surface area contributed by atoms with E-state index in [0.29, 0.717) is 30.8 Å². The molecule has 1 aliphatic rings. The van der Waals surface area contributed by atoms with Gasteiger partial charge >= 0.3 is 0 Å². The van der Waals surface area contributed by atoms with Crippen molar-refractivity contribution >= 4 is 5.78 Å². The number of carbonyl (C=O) groups excluding carboxylic acids is 1. The highest BCUT2D eigenvalue weighted by atomic mass is 16.3. The Morgan fingerprint density at radius 2 is 2.04 bits per heavy atom. The third-order valence-corrected chi connectivity index (χ3v) is 4.81. The molecule has 0 unspecified atom stereocenters. The molecule has 3 N–H and O–H groups in total. The van der Waals surface area contributed by atoms with Gasteiger partial charge in [0.15, 0.2) is 5.78 Å². The molecule has 25 heavy (non-hydrogen) atoms. The standard InChI is InChI=1S/C21H34O4/c1-15(11-12-20(24)21(3,4)25)9-7-5-6-8-10-17-13-18(22)14-19(23)16(17)2/h6,8,10,15,18-19,22-23,25H,2,5,7,9,11-14H2,1,3-4H3/b8-6+,17-10+/t15-,18+,19-/m0/s1. The molecule has 0 spiro atoms. The zero-order chi connectivity index (χ0) is 19.0. The number of aliphatic hydroxyl groups is 3. The van der Waals surface area contributed by atoms with E-state index < -0.39 is 17.8 Å². The molecule has 0 heterocycles. The lowest BCUT2D eigenvalue weighted by Gasteiger charge is -2.26. The minimum Gasteiger partial charge on any atom is -0.393 e. The maximum atomic E-state index is 11.7. The van der Waals surface area contributed by atoms with Crippen LogP contribution >= 0.6 is 0 Å². The van der Waals surface area contributed by atoms with Crippen LogP contribution in [0.25, 0.3) is 0 Å². The summed E-state index contributed by atoms with van der Waals surface area (Å²) in [4.78, 5) is 11.7. The highest BCUT2D eigenvalue weighted by Gasteiger charge is 2.25. The van der Waals surface area contributed by atoms with E-state index >= 15 is 0 Å². The van der Waals surface area contributed by atoms with Crippen molar-refractivity contribution in [3.63, 3.8) is 0 Å². The number of allylic oxidation sites excluding steroid dienone is 3. The fourth-order valence-electron chi connectivity index (χ4n) is 2.95. The van der Waals surface area contributed by atoms with E-state index in [1.807, 2.05) is 12.2 Å². The molecule has 3 atom stereocenters. The van der Waals surface area contributed by atoms with E-state index in [-0.39, 0.29) is 5.78 Å². The first-order chi connectivity index (χ1) is 11.6. The van der Waals surface area contributed by atoms with Crippen LogP contribution in [-0.2, 0) is 4.79 Å². The minimum absolute atomic E-state index is 0.0945. The number of ketones is 1. The average Bonchev–Trinajstić information content (AvgIpc) is 2.51. The van der Waals surface area contributed by atoms with Gasteiger partial charge in [0.05, 0.1) is 12.2 Å². The predicted molar refractivity (Wildman–Crippen MR) is 101 cm³/mol. The van der Waals surface area contributed by atoms with Gasteiger partial charge in [-0.05, 0) is 56.6 Å². The number of hydrogen-bond donors (Lipinski definition) is 3. The van der Waals surface area contributed by atoms with E-state index in [2.05, 4.69) is 19.6 Å². The van der Waals surface area contributed by atoms with Gasteiger partial charge in [0.2, 0.25) is 0 Å². The van der Waals surface area contributed by atoms with Gasteiger partial charge in [0.1, 0.15) is 5.60 Å². The molecule has 4 nitrogen and oxygen atoms in total. The van der Waals surface area contributed by atoms with Crippen LogP contribution in [0.15, 0.2) is 36.0 Å². The van der Waals surface area contributed by atoms with Crippen LogP contribution in [0.1, 0.15) is 65.7 Å². The molecule has 1 saturated carbocycles. The smallest absolute Gasteiger partial charge is 0.163 e. The Hall–Kier alpha value is -1.23. The summed E-state index contributed by atoms with van der Waals surface area (Å²) in [6.07, 6.45) is 10.0. The molecule has 0 radical (unpaired) electrons. The molecule has 0 aliphatic heterocycles. The molecule has 142 valence electrons. The molecule has 1 aliphatic carbocycles. The monoisotopic (exact) mass is 350 g/mol. The summed E-state index contributed by atoms with van der Waals surface area (Å²) >= 11 is 0. The highest BCUT2D eigenvalue weighted by Crippen LogP contribution is 2.28. The summed E-state index contributed by atoms with van der Waals surface area (Å²) in [5.74, 6) is 0.365. The second-order valence-electron chi connectivity index (χ2n) is 7.81. The zero-order valence-electron chi connectivity index (χ0n) is 15.9. The number of rotatable bonds is 9. The molecular formula is C21H34O4. The molecule has 4 heteroatoms. The third-order valence-electron chi connectivity index (χ3n) is 4.81. The fraction of sp³-hybridized carbons (Fsp3) is 0.667. The van der Waals surface area contributed by atoms with Crippen molar-refractivity contribution in [3.05, 3.63) is 36.0 Å². The van der Waals surface area contributed by atoms with E-state index in [1.165, 1.54) is 13.8 Å². The Morgan fingerprint density at radius 3 is 2.68 bits per heavy atom. The Balaban J connectivity index is 2.26. The molecule has 0 saturated heterocycles. The summed E-state index contributed by atoms with van der Waals surface area (Å²) in [6, 6.07) is 0. The van der Waals surface area contributed by atoms with Crippen LogP contribution in [-0.4, -0.2) is 38.9 Å². The van der Waals surface area contributed by atoms with Crippen LogP contribution in [0.5, 0.6) is 0 Å². The van der Waals surface area contributed by atoms with Crippen molar-refractivity contribution < 1.29 is 20.1 Å². The Kier molecular flexibility index (Phi) is 8.77. The van der Waals surface area contributed by atoms with Gasteiger partial charge in [-0.1, -0.05) is 38.2 Å². The van der Waals surface area contributed by atoms with Crippen LogP contribution in [0.3, 0.4) is 0 Å². The molecule has 1 fully saturated rings. The van der Waals surface area contributed by atoms with Crippen molar-refractivity contribution in [2.24, 2.45) is 5.92 Å². The number of aliphatic hydroxyl groups excluding tert-OH is 2. The fourth-order valence-corrected chi connectivity index (χ4v) is 2.95. The average molecular weight is 350 g/mol. The summed E-state index contributed by atoms with van der Waals surface area (Å²) in [7, 11) is 0. The zero-order valence-corrected chi connectivity index (χ0v) is 15.9. The van der Waals surface area contributed by atoms with Crippen LogP contribution < -0.4 is 0 Å². The first-order valence-corrected chi connectivity index (χ1v) is 9.28. The lowest BCUT2D eigenvalue weighted by Crippen LogP contribution is -2.31. The number of Topliss-reactive ketones (excluding diaryl/α,β-unsaturated/α-hetero) is 1. The molecule has 0 aromatic rings. The molecule has 0 aromatic heterocycles. The normalized spacial score (nSPS) is 24.9. The van der Waals surface area contributed by atoms with Crippen LogP contribution in [0, 0.1) is 5.92 Å². The maximum Gasteiger partial charge on any atom is 0.163 e. The lowest BCUT2D eigenvalue weighted by molar-refractivity contribution is -0.134. The molecule has 0 aromatic carbocycles. The minimum atomic E-state index is -1.22. The van der Waals surface area contributed by atoms with Gasteiger partial charge in [-0.25, -0.2) is 0 Å². The second kappa shape index (κ2) is 10.0. The van der Waals surface area contributed by atoms with E-state index in [9.17, 15) is 20.1 Å². The van der Waals surface area contributed by atoms with Gasteiger partial charge in [-0.15, -0.1) is 0 Å². The topological polar surface area (TPSA) is 77.8 Å². The largest absolute Gasteiger partial charge is 0.393 e. The SMILES string of the molecule is C=C1/C(=C/C=C/CCC[C@H](C)CCC(=O)C(C)(C)O)C[C@@H](O)C[C@@H]1O.